The van der Waals surface area contributed by atoms with E-state index in [4.69, 9.17) is 0 Å². The van der Waals surface area contributed by atoms with Gasteiger partial charge in [0.05, 0.1) is 5.92 Å². The summed E-state index contributed by atoms with van der Waals surface area (Å²) in [5, 5.41) is 9.59. The summed E-state index contributed by atoms with van der Waals surface area (Å²) in [6.45, 7) is 8.83. The van der Waals surface area contributed by atoms with Gasteiger partial charge in [0.25, 0.3) is 0 Å². The second kappa shape index (κ2) is 5.96. The van der Waals surface area contributed by atoms with Gasteiger partial charge in [-0.1, -0.05) is 51.1 Å². The Morgan fingerprint density at radius 1 is 1.40 bits per heavy atom. The molecule has 2 atom stereocenters. The van der Waals surface area contributed by atoms with Crippen molar-refractivity contribution < 1.29 is 9.90 Å². The molecule has 0 bridgehead atoms. The lowest BCUT2D eigenvalue weighted by molar-refractivity contribution is -0.146. The van der Waals surface area contributed by atoms with Crippen molar-refractivity contribution >= 4 is 5.97 Å². The van der Waals surface area contributed by atoms with E-state index in [9.17, 15) is 9.90 Å². The number of carbonyl (C=O) groups is 1. The van der Waals surface area contributed by atoms with Gasteiger partial charge in [-0.05, 0) is 23.3 Å². The molecule has 1 saturated heterocycles. The van der Waals surface area contributed by atoms with Crippen molar-refractivity contribution in [2.75, 3.05) is 13.1 Å². The fourth-order valence-corrected chi connectivity index (χ4v) is 3.67. The molecule has 3 heteroatoms. The van der Waals surface area contributed by atoms with Crippen LogP contribution in [-0.2, 0) is 11.3 Å². The largest absolute Gasteiger partial charge is 0.481 e. The molecule has 1 N–H and O–H groups in total. The van der Waals surface area contributed by atoms with Gasteiger partial charge in [-0.3, -0.25) is 9.69 Å². The third kappa shape index (κ3) is 2.73. The Hall–Kier alpha value is -1.35. The highest BCUT2D eigenvalue weighted by Crippen LogP contribution is 2.45. The highest BCUT2D eigenvalue weighted by molar-refractivity contribution is 5.72. The number of carboxylic acid groups (broad SMARTS) is 1. The Kier molecular flexibility index (Phi) is 4.48. The fraction of sp³-hybridized carbons (Fsp3) is 0.588. The van der Waals surface area contributed by atoms with E-state index in [0.717, 1.165) is 19.5 Å². The van der Waals surface area contributed by atoms with E-state index in [1.54, 1.807) is 0 Å². The van der Waals surface area contributed by atoms with E-state index in [0.29, 0.717) is 12.5 Å². The molecule has 110 valence electrons. The Bertz CT molecular complexity index is 457. The summed E-state index contributed by atoms with van der Waals surface area (Å²) >= 11 is 0. The lowest BCUT2D eigenvalue weighted by Gasteiger charge is -2.36. The predicted octanol–water partition coefficient (Wildman–Crippen LogP) is 3.26. The number of aliphatic carboxylic acids is 1. The first kappa shape index (κ1) is 15.0. The minimum Gasteiger partial charge on any atom is -0.481 e. The van der Waals surface area contributed by atoms with Crippen molar-refractivity contribution in [1.82, 2.24) is 4.90 Å². The summed E-state index contributed by atoms with van der Waals surface area (Å²) in [6.07, 6.45) is 0.924. The maximum absolute atomic E-state index is 11.7. The molecule has 3 nitrogen and oxygen atoms in total. The number of carboxylic acids is 1. The van der Waals surface area contributed by atoms with Gasteiger partial charge in [-0.25, -0.2) is 0 Å². The van der Waals surface area contributed by atoms with Crippen molar-refractivity contribution in [3.63, 3.8) is 0 Å². The van der Waals surface area contributed by atoms with E-state index >= 15 is 0 Å². The summed E-state index contributed by atoms with van der Waals surface area (Å²) in [5.41, 5.74) is 1.16. The number of nitrogens with zero attached hydrogens (tertiary/aromatic N) is 1. The third-order valence-corrected chi connectivity index (χ3v) is 5.01. The van der Waals surface area contributed by atoms with Crippen LogP contribution in [-0.4, -0.2) is 29.1 Å². The van der Waals surface area contributed by atoms with Gasteiger partial charge in [0.15, 0.2) is 0 Å². The second-order valence-corrected chi connectivity index (χ2v) is 6.29. The second-order valence-electron chi connectivity index (χ2n) is 6.29. The Morgan fingerprint density at radius 3 is 2.50 bits per heavy atom. The van der Waals surface area contributed by atoms with Crippen LogP contribution in [0.15, 0.2) is 30.3 Å². The molecular formula is C17H25NO2. The van der Waals surface area contributed by atoms with E-state index in [2.05, 4.69) is 37.8 Å². The molecule has 20 heavy (non-hydrogen) atoms. The van der Waals surface area contributed by atoms with Crippen LogP contribution in [0.5, 0.6) is 0 Å². The van der Waals surface area contributed by atoms with Crippen LogP contribution in [0.25, 0.3) is 0 Å². The van der Waals surface area contributed by atoms with Gasteiger partial charge >= 0.3 is 5.97 Å². The zero-order chi connectivity index (χ0) is 14.8. The fourth-order valence-electron chi connectivity index (χ4n) is 3.67. The molecule has 1 fully saturated rings. The molecule has 0 amide bonds. The van der Waals surface area contributed by atoms with Crippen molar-refractivity contribution in [2.24, 2.45) is 17.3 Å². The van der Waals surface area contributed by atoms with Gasteiger partial charge in [0.2, 0.25) is 0 Å². The number of hydrogen-bond acceptors (Lipinski definition) is 2. The summed E-state index contributed by atoms with van der Waals surface area (Å²) in [7, 11) is 0. The average Bonchev–Trinajstić information content (AvgIpc) is 2.80. The number of benzene rings is 1. The van der Waals surface area contributed by atoms with Crippen LogP contribution in [0.4, 0.5) is 0 Å². The SMILES string of the molecule is CCC1(C(C)C)CN(Cc2ccccc2)CC1C(=O)O. The molecule has 0 aromatic heterocycles. The van der Waals surface area contributed by atoms with Crippen LogP contribution >= 0.6 is 0 Å². The molecular weight excluding hydrogens is 250 g/mol. The van der Waals surface area contributed by atoms with Crippen molar-refractivity contribution in [2.45, 2.75) is 33.7 Å². The minimum absolute atomic E-state index is 0.0966. The van der Waals surface area contributed by atoms with Crippen LogP contribution in [0.3, 0.4) is 0 Å². The van der Waals surface area contributed by atoms with Crippen molar-refractivity contribution in [3.05, 3.63) is 35.9 Å². The van der Waals surface area contributed by atoms with Gasteiger partial charge in [-0.15, -0.1) is 0 Å². The molecule has 2 unspecified atom stereocenters. The Labute approximate surface area is 121 Å². The molecule has 1 heterocycles. The van der Waals surface area contributed by atoms with E-state index in [1.165, 1.54) is 5.56 Å². The summed E-state index contributed by atoms with van der Waals surface area (Å²) in [4.78, 5) is 14.0. The smallest absolute Gasteiger partial charge is 0.308 e. The number of likely N-dealkylation sites (tertiary alicyclic amines) is 1. The van der Waals surface area contributed by atoms with Crippen LogP contribution in [0.1, 0.15) is 32.8 Å². The van der Waals surface area contributed by atoms with Gasteiger partial charge in [0, 0.05) is 19.6 Å². The zero-order valence-electron chi connectivity index (χ0n) is 12.7. The highest BCUT2D eigenvalue weighted by Gasteiger charge is 2.50. The molecule has 2 rings (SSSR count). The zero-order valence-corrected chi connectivity index (χ0v) is 12.7. The minimum atomic E-state index is -0.642. The van der Waals surface area contributed by atoms with Crippen LogP contribution < -0.4 is 0 Å². The molecule has 1 aliphatic heterocycles. The highest BCUT2D eigenvalue weighted by atomic mass is 16.4. The number of hydrogen-bond donors (Lipinski definition) is 1. The summed E-state index contributed by atoms with van der Waals surface area (Å²) < 4.78 is 0. The van der Waals surface area contributed by atoms with Crippen molar-refractivity contribution in [1.29, 1.82) is 0 Å². The molecule has 0 spiro atoms. The monoisotopic (exact) mass is 275 g/mol. The Morgan fingerprint density at radius 2 is 2.05 bits per heavy atom. The van der Waals surface area contributed by atoms with E-state index in [1.807, 2.05) is 18.2 Å². The predicted molar refractivity (Wildman–Crippen MR) is 80.4 cm³/mol. The van der Waals surface area contributed by atoms with E-state index < -0.39 is 5.97 Å². The molecule has 0 aliphatic carbocycles. The van der Waals surface area contributed by atoms with Crippen molar-refractivity contribution in [3.8, 4) is 0 Å². The van der Waals surface area contributed by atoms with Crippen LogP contribution in [0.2, 0.25) is 0 Å². The summed E-state index contributed by atoms with van der Waals surface area (Å²) in [6, 6.07) is 10.3. The maximum Gasteiger partial charge on any atom is 0.308 e. The van der Waals surface area contributed by atoms with Gasteiger partial charge in [0.1, 0.15) is 0 Å². The topological polar surface area (TPSA) is 40.5 Å². The quantitative estimate of drug-likeness (QED) is 0.896. The summed E-state index contributed by atoms with van der Waals surface area (Å²) in [5.74, 6) is -0.512. The van der Waals surface area contributed by atoms with Gasteiger partial charge in [-0.2, -0.15) is 0 Å². The molecule has 0 radical (unpaired) electrons. The molecule has 1 aromatic rings. The normalized spacial score (nSPS) is 27.1. The molecule has 1 aliphatic rings. The number of rotatable bonds is 5. The maximum atomic E-state index is 11.7. The first-order valence-corrected chi connectivity index (χ1v) is 7.48. The van der Waals surface area contributed by atoms with E-state index in [-0.39, 0.29) is 11.3 Å². The standard InChI is InChI=1S/C17H25NO2/c1-4-17(13(2)3)12-18(11-15(17)16(19)20)10-14-8-6-5-7-9-14/h5-9,13,15H,4,10-12H2,1-3H3,(H,19,20). The first-order chi connectivity index (χ1) is 9.49. The van der Waals surface area contributed by atoms with Crippen LogP contribution in [0, 0.1) is 17.3 Å². The lowest BCUT2D eigenvalue weighted by Crippen LogP contribution is -2.39. The molecule has 0 saturated carbocycles. The lowest BCUT2D eigenvalue weighted by atomic mass is 9.68. The molecule has 1 aromatic carbocycles. The Balaban J connectivity index is 2.18. The first-order valence-electron chi connectivity index (χ1n) is 7.48. The van der Waals surface area contributed by atoms with Gasteiger partial charge < -0.3 is 5.11 Å². The average molecular weight is 275 g/mol. The third-order valence-electron chi connectivity index (χ3n) is 5.01.